The van der Waals surface area contributed by atoms with E-state index in [1.807, 2.05) is 0 Å². The number of piperidine rings is 1. The molecule has 1 unspecified atom stereocenters. The van der Waals surface area contributed by atoms with Crippen LogP contribution in [-0.4, -0.2) is 36.0 Å². The van der Waals surface area contributed by atoms with Crippen LogP contribution in [0.5, 0.6) is 0 Å². The van der Waals surface area contributed by atoms with Crippen LogP contribution >= 0.6 is 12.4 Å². The smallest absolute Gasteiger partial charge is 0.0591 e. The third kappa shape index (κ3) is 3.72. The molecule has 1 rings (SSSR count). The van der Waals surface area contributed by atoms with Crippen molar-refractivity contribution in [3.63, 3.8) is 0 Å². The zero-order valence-electron chi connectivity index (χ0n) is 7.20. The van der Waals surface area contributed by atoms with Gasteiger partial charge in [0.1, 0.15) is 0 Å². The van der Waals surface area contributed by atoms with Crippen molar-refractivity contribution in [3.05, 3.63) is 0 Å². The van der Waals surface area contributed by atoms with Gasteiger partial charge in [0.2, 0.25) is 0 Å². The molecule has 0 aromatic carbocycles. The first-order valence-electron chi connectivity index (χ1n) is 4.34. The van der Waals surface area contributed by atoms with Crippen LogP contribution in [0.4, 0.5) is 0 Å². The molecular formula is C8H18ClNO2. The van der Waals surface area contributed by atoms with Crippen molar-refractivity contribution in [1.29, 1.82) is 0 Å². The van der Waals surface area contributed by atoms with Gasteiger partial charge in [-0.05, 0) is 38.3 Å². The zero-order chi connectivity index (χ0) is 8.10. The second-order valence-electron chi connectivity index (χ2n) is 3.17. The summed E-state index contributed by atoms with van der Waals surface area (Å²) in [6.07, 6.45) is 2.33. The average Bonchev–Trinajstić information content (AvgIpc) is 2.07. The maximum absolute atomic E-state index is 9.49. The van der Waals surface area contributed by atoms with Gasteiger partial charge >= 0.3 is 0 Å². The number of hydrogen-bond acceptors (Lipinski definition) is 3. The Kier molecular flexibility index (Phi) is 6.76. The Morgan fingerprint density at radius 3 is 2.42 bits per heavy atom. The topological polar surface area (TPSA) is 52.5 Å². The van der Waals surface area contributed by atoms with E-state index in [4.69, 9.17) is 5.11 Å². The second-order valence-corrected chi connectivity index (χ2v) is 3.17. The van der Waals surface area contributed by atoms with Gasteiger partial charge in [0, 0.05) is 6.61 Å². The van der Waals surface area contributed by atoms with E-state index in [1.165, 1.54) is 0 Å². The molecule has 0 aromatic heterocycles. The highest BCUT2D eigenvalue weighted by Gasteiger charge is 2.20. The number of hydrogen-bond donors (Lipinski definition) is 3. The van der Waals surface area contributed by atoms with Crippen LogP contribution in [0.15, 0.2) is 0 Å². The van der Waals surface area contributed by atoms with Gasteiger partial charge in [0.05, 0.1) is 6.10 Å². The molecule has 3 N–H and O–H groups in total. The Morgan fingerprint density at radius 2 is 1.92 bits per heavy atom. The molecular weight excluding hydrogens is 178 g/mol. The molecule has 1 atom stereocenters. The first kappa shape index (κ1) is 12.2. The molecule has 74 valence electrons. The molecule has 0 aromatic rings. The van der Waals surface area contributed by atoms with Gasteiger partial charge in [-0.2, -0.15) is 0 Å². The number of rotatable bonds is 3. The van der Waals surface area contributed by atoms with Gasteiger partial charge in [0.15, 0.2) is 0 Å². The molecule has 3 nitrogen and oxygen atoms in total. The summed E-state index contributed by atoms with van der Waals surface area (Å²) in [4.78, 5) is 0. The zero-order valence-corrected chi connectivity index (χ0v) is 8.02. The minimum Gasteiger partial charge on any atom is -0.396 e. The van der Waals surface area contributed by atoms with Gasteiger partial charge in [-0.1, -0.05) is 0 Å². The maximum atomic E-state index is 9.49. The molecule has 0 radical (unpaired) electrons. The Hall–Kier alpha value is 0.170. The molecule has 0 spiro atoms. The largest absolute Gasteiger partial charge is 0.396 e. The van der Waals surface area contributed by atoms with Crippen LogP contribution in [0.3, 0.4) is 0 Å². The van der Waals surface area contributed by atoms with Crippen molar-refractivity contribution in [3.8, 4) is 0 Å². The van der Waals surface area contributed by atoms with Gasteiger partial charge < -0.3 is 15.5 Å². The Labute approximate surface area is 79.6 Å². The van der Waals surface area contributed by atoms with Gasteiger partial charge in [-0.15, -0.1) is 12.4 Å². The summed E-state index contributed by atoms with van der Waals surface area (Å²) < 4.78 is 0. The monoisotopic (exact) mass is 195 g/mol. The first-order valence-corrected chi connectivity index (χ1v) is 4.34. The third-order valence-electron chi connectivity index (χ3n) is 2.35. The summed E-state index contributed by atoms with van der Waals surface area (Å²) >= 11 is 0. The number of nitrogens with one attached hydrogen (secondary N) is 1. The molecule has 0 aliphatic carbocycles. The van der Waals surface area contributed by atoms with Crippen LogP contribution in [0, 0.1) is 5.92 Å². The maximum Gasteiger partial charge on any atom is 0.0591 e. The van der Waals surface area contributed by atoms with Crippen molar-refractivity contribution in [2.45, 2.75) is 25.4 Å². The van der Waals surface area contributed by atoms with E-state index in [9.17, 15) is 5.11 Å². The molecule has 1 saturated heterocycles. The fourth-order valence-electron chi connectivity index (χ4n) is 1.60. The number of aliphatic hydroxyl groups excluding tert-OH is 2. The minimum absolute atomic E-state index is 0. The van der Waals surface area contributed by atoms with Gasteiger partial charge in [-0.25, -0.2) is 0 Å². The summed E-state index contributed by atoms with van der Waals surface area (Å²) in [5.41, 5.74) is 0. The normalized spacial score (nSPS) is 21.5. The van der Waals surface area contributed by atoms with E-state index >= 15 is 0 Å². The van der Waals surface area contributed by atoms with E-state index in [0.29, 0.717) is 12.3 Å². The van der Waals surface area contributed by atoms with E-state index in [-0.39, 0.29) is 25.1 Å². The summed E-state index contributed by atoms with van der Waals surface area (Å²) in [5.74, 6) is 0.406. The van der Waals surface area contributed by atoms with Crippen molar-refractivity contribution in [2.24, 2.45) is 5.92 Å². The Morgan fingerprint density at radius 1 is 1.33 bits per heavy atom. The SMILES string of the molecule is Cl.OCCC(O)C1CCNCC1. The number of aliphatic hydroxyl groups is 2. The summed E-state index contributed by atoms with van der Waals surface area (Å²) in [6.45, 7) is 2.12. The van der Waals surface area contributed by atoms with Crippen LogP contribution in [0.1, 0.15) is 19.3 Å². The van der Waals surface area contributed by atoms with Gasteiger partial charge in [-0.3, -0.25) is 0 Å². The summed E-state index contributed by atoms with van der Waals surface area (Å²) in [7, 11) is 0. The quantitative estimate of drug-likeness (QED) is 0.601. The summed E-state index contributed by atoms with van der Waals surface area (Å²) in [6, 6.07) is 0. The Balaban J connectivity index is 0.00000121. The molecule has 1 heterocycles. The molecule has 1 aliphatic rings. The lowest BCUT2D eigenvalue weighted by molar-refractivity contribution is 0.0640. The third-order valence-corrected chi connectivity index (χ3v) is 2.35. The minimum atomic E-state index is -0.290. The molecule has 0 saturated carbocycles. The lowest BCUT2D eigenvalue weighted by Gasteiger charge is -2.26. The Bertz CT molecular complexity index is 107. The molecule has 4 heteroatoms. The fourth-order valence-corrected chi connectivity index (χ4v) is 1.60. The van der Waals surface area contributed by atoms with E-state index in [0.717, 1.165) is 25.9 Å². The first-order chi connectivity index (χ1) is 5.34. The molecule has 1 aliphatic heterocycles. The molecule has 0 amide bonds. The molecule has 1 fully saturated rings. The van der Waals surface area contributed by atoms with Crippen LogP contribution < -0.4 is 5.32 Å². The highest BCUT2D eigenvalue weighted by Crippen LogP contribution is 2.17. The van der Waals surface area contributed by atoms with Crippen LogP contribution in [-0.2, 0) is 0 Å². The molecule has 0 bridgehead atoms. The van der Waals surface area contributed by atoms with Crippen molar-refractivity contribution < 1.29 is 10.2 Å². The van der Waals surface area contributed by atoms with E-state index in [1.54, 1.807) is 0 Å². The highest BCUT2D eigenvalue weighted by atomic mass is 35.5. The highest BCUT2D eigenvalue weighted by molar-refractivity contribution is 5.85. The van der Waals surface area contributed by atoms with Crippen LogP contribution in [0.2, 0.25) is 0 Å². The average molecular weight is 196 g/mol. The van der Waals surface area contributed by atoms with Crippen molar-refractivity contribution in [1.82, 2.24) is 5.32 Å². The molecule has 12 heavy (non-hydrogen) atoms. The van der Waals surface area contributed by atoms with Crippen molar-refractivity contribution in [2.75, 3.05) is 19.7 Å². The van der Waals surface area contributed by atoms with Gasteiger partial charge in [0.25, 0.3) is 0 Å². The fraction of sp³-hybridized carbons (Fsp3) is 1.00. The standard InChI is InChI=1S/C8H17NO2.ClH/c10-6-3-8(11)7-1-4-9-5-2-7;/h7-11H,1-6H2;1H. The summed E-state index contributed by atoms with van der Waals surface area (Å²) in [5, 5.41) is 21.3. The predicted octanol–water partition coefficient (Wildman–Crippen LogP) is 0.151. The van der Waals surface area contributed by atoms with E-state index in [2.05, 4.69) is 5.32 Å². The number of halogens is 1. The lowest BCUT2D eigenvalue weighted by Crippen LogP contribution is -2.34. The second kappa shape index (κ2) is 6.66. The van der Waals surface area contributed by atoms with E-state index < -0.39 is 0 Å². The predicted molar refractivity (Wildman–Crippen MR) is 50.6 cm³/mol. The van der Waals surface area contributed by atoms with Crippen molar-refractivity contribution >= 4 is 12.4 Å². The van der Waals surface area contributed by atoms with Crippen LogP contribution in [0.25, 0.3) is 0 Å². The lowest BCUT2D eigenvalue weighted by atomic mass is 9.91.